The zero-order valence-corrected chi connectivity index (χ0v) is 10.9. The van der Waals surface area contributed by atoms with Gasteiger partial charge in [-0.25, -0.2) is 13.6 Å². The molecule has 0 spiro atoms. The van der Waals surface area contributed by atoms with Gasteiger partial charge >= 0.3 is 6.03 Å². The Morgan fingerprint density at radius 3 is 2.63 bits per heavy atom. The van der Waals surface area contributed by atoms with Gasteiger partial charge in [0.15, 0.2) is 0 Å². The first kappa shape index (κ1) is 15.4. The summed E-state index contributed by atoms with van der Waals surface area (Å²) in [7, 11) is 0. The smallest absolute Gasteiger partial charge is 0.319 e. The Bertz CT molecular complexity index is 439. The fourth-order valence-corrected chi connectivity index (χ4v) is 1.60. The highest BCUT2D eigenvalue weighted by atomic mass is 19.1. The molecule has 2 amide bonds. The van der Waals surface area contributed by atoms with Crippen LogP contribution in [0.4, 0.5) is 19.3 Å². The van der Waals surface area contributed by atoms with Crippen LogP contribution >= 0.6 is 0 Å². The maximum atomic E-state index is 13.2. The summed E-state index contributed by atoms with van der Waals surface area (Å²) in [6.45, 7) is 3.99. The molecular formula is C13H18F2N2O2. The second-order valence-corrected chi connectivity index (χ2v) is 4.74. The predicted octanol–water partition coefficient (Wildman–Crippen LogP) is 2.49. The lowest BCUT2D eigenvalue weighted by Gasteiger charge is -2.14. The maximum absolute atomic E-state index is 13.2. The van der Waals surface area contributed by atoms with Gasteiger partial charge < -0.3 is 15.7 Å². The van der Waals surface area contributed by atoms with Crippen LogP contribution in [-0.4, -0.2) is 23.8 Å². The average molecular weight is 272 g/mol. The van der Waals surface area contributed by atoms with E-state index in [0.717, 1.165) is 12.1 Å². The number of amides is 2. The van der Waals surface area contributed by atoms with Crippen molar-refractivity contribution in [3.8, 4) is 0 Å². The summed E-state index contributed by atoms with van der Waals surface area (Å²) in [6, 6.07) is 2.22. The molecule has 4 nitrogen and oxygen atoms in total. The first-order valence-corrected chi connectivity index (χ1v) is 6.06. The van der Waals surface area contributed by atoms with Gasteiger partial charge in [-0.1, -0.05) is 13.8 Å². The molecule has 106 valence electrons. The Labute approximate surface area is 110 Å². The lowest BCUT2D eigenvalue weighted by atomic mass is 10.1. The van der Waals surface area contributed by atoms with Crippen LogP contribution in [0.1, 0.15) is 20.3 Å². The number of rotatable bonds is 5. The second-order valence-electron chi connectivity index (χ2n) is 4.74. The van der Waals surface area contributed by atoms with Crippen molar-refractivity contribution in [2.75, 3.05) is 11.9 Å². The number of halogens is 2. The van der Waals surface area contributed by atoms with Gasteiger partial charge in [0.25, 0.3) is 0 Å². The van der Waals surface area contributed by atoms with Gasteiger partial charge in [-0.15, -0.1) is 0 Å². The normalized spacial score (nSPS) is 12.3. The van der Waals surface area contributed by atoms with E-state index in [-0.39, 0.29) is 12.2 Å². The summed E-state index contributed by atoms with van der Waals surface area (Å²) in [5.74, 6) is -1.25. The van der Waals surface area contributed by atoms with Gasteiger partial charge in [-0.3, -0.25) is 0 Å². The number of urea groups is 1. The molecule has 1 unspecified atom stereocenters. The summed E-state index contributed by atoms with van der Waals surface area (Å²) < 4.78 is 25.9. The van der Waals surface area contributed by atoms with Crippen LogP contribution in [0, 0.1) is 17.6 Å². The summed E-state index contributed by atoms with van der Waals surface area (Å²) in [6.07, 6.45) is -0.0885. The van der Waals surface area contributed by atoms with Gasteiger partial charge in [0.05, 0.1) is 11.8 Å². The molecule has 0 heterocycles. The Hall–Kier alpha value is -1.69. The molecule has 0 saturated carbocycles. The molecule has 0 saturated heterocycles. The number of benzene rings is 1. The van der Waals surface area contributed by atoms with E-state index in [1.807, 2.05) is 13.8 Å². The fourth-order valence-electron chi connectivity index (χ4n) is 1.60. The van der Waals surface area contributed by atoms with Crippen molar-refractivity contribution in [1.82, 2.24) is 5.32 Å². The molecule has 1 rings (SSSR count). The van der Waals surface area contributed by atoms with E-state index in [1.165, 1.54) is 0 Å². The molecule has 1 aromatic rings. The molecule has 3 N–H and O–H groups in total. The van der Waals surface area contributed by atoms with Crippen LogP contribution in [0.3, 0.4) is 0 Å². The first-order valence-electron chi connectivity index (χ1n) is 6.06. The zero-order chi connectivity index (χ0) is 14.4. The minimum Gasteiger partial charge on any atom is -0.391 e. The monoisotopic (exact) mass is 272 g/mol. The molecular weight excluding hydrogens is 254 g/mol. The van der Waals surface area contributed by atoms with Gasteiger partial charge in [-0.05, 0) is 24.5 Å². The standard InChI is InChI=1S/C13H18F2N2O2/c1-8(2)5-10(18)7-16-13(19)17-12-4-3-9(14)6-11(12)15/h3-4,6,8,10,18H,5,7H2,1-2H3,(H2,16,17,19). The van der Waals surface area contributed by atoms with E-state index in [1.54, 1.807) is 0 Å². The van der Waals surface area contributed by atoms with Crippen molar-refractivity contribution in [3.63, 3.8) is 0 Å². The minimum atomic E-state index is -0.849. The van der Waals surface area contributed by atoms with Crippen molar-refractivity contribution in [3.05, 3.63) is 29.8 Å². The molecule has 1 aromatic carbocycles. The topological polar surface area (TPSA) is 61.4 Å². The van der Waals surface area contributed by atoms with Crippen LogP contribution in [0.25, 0.3) is 0 Å². The average Bonchev–Trinajstić information content (AvgIpc) is 2.29. The summed E-state index contributed by atoms with van der Waals surface area (Å²) in [5, 5.41) is 14.2. The van der Waals surface area contributed by atoms with Gasteiger partial charge in [0.2, 0.25) is 0 Å². The largest absolute Gasteiger partial charge is 0.391 e. The number of hydrogen-bond donors (Lipinski definition) is 3. The van der Waals surface area contributed by atoms with Crippen LogP contribution < -0.4 is 10.6 Å². The number of carbonyl (C=O) groups excluding carboxylic acids is 1. The molecule has 19 heavy (non-hydrogen) atoms. The third kappa shape index (κ3) is 5.65. The number of aliphatic hydroxyl groups excluding tert-OH is 1. The molecule has 0 aliphatic rings. The number of aliphatic hydroxyl groups is 1. The summed E-state index contributed by atoms with van der Waals surface area (Å²) >= 11 is 0. The van der Waals surface area contributed by atoms with Crippen LogP contribution in [-0.2, 0) is 0 Å². The Kier molecular flexibility index (Phi) is 5.69. The first-order chi connectivity index (χ1) is 8.88. The van der Waals surface area contributed by atoms with Crippen molar-refractivity contribution in [2.45, 2.75) is 26.4 Å². The highest BCUT2D eigenvalue weighted by Crippen LogP contribution is 2.14. The van der Waals surface area contributed by atoms with E-state index in [9.17, 15) is 18.7 Å². The van der Waals surface area contributed by atoms with Crippen molar-refractivity contribution in [2.24, 2.45) is 5.92 Å². The molecule has 6 heteroatoms. The Morgan fingerprint density at radius 2 is 2.05 bits per heavy atom. The van der Waals surface area contributed by atoms with Gasteiger partial charge in [-0.2, -0.15) is 0 Å². The molecule has 0 aliphatic heterocycles. The van der Waals surface area contributed by atoms with Crippen LogP contribution in [0.2, 0.25) is 0 Å². The van der Waals surface area contributed by atoms with E-state index < -0.39 is 23.8 Å². The van der Waals surface area contributed by atoms with Crippen molar-refractivity contribution >= 4 is 11.7 Å². The zero-order valence-electron chi connectivity index (χ0n) is 10.9. The van der Waals surface area contributed by atoms with Crippen molar-refractivity contribution in [1.29, 1.82) is 0 Å². The van der Waals surface area contributed by atoms with Crippen molar-refractivity contribution < 1.29 is 18.7 Å². The van der Waals surface area contributed by atoms with E-state index in [0.29, 0.717) is 18.4 Å². The summed E-state index contributed by atoms with van der Waals surface area (Å²) in [5.41, 5.74) is -0.114. The Balaban J connectivity index is 2.43. The number of hydrogen-bond acceptors (Lipinski definition) is 2. The van der Waals surface area contributed by atoms with Gasteiger partial charge in [0, 0.05) is 12.6 Å². The predicted molar refractivity (Wildman–Crippen MR) is 68.8 cm³/mol. The van der Waals surface area contributed by atoms with E-state index in [4.69, 9.17) is 0 Å². The highest BCUT2D eigenvalue weighted by molar-refractivity contribution is 5.89. The lowest BCUT2D eigenvalue weighted by Crippen LogP contribution is -2.35. The van der Waals surface area contributed by atoms with Crippen LogP contribution in [0.15, 0.2) is 18.2 Å². The molecule has 0 radical (unpaired) electrons. The third-order valence-corrected chi connectivity index (χ3v) is 2.42. The minimum absolute atomic E-state index is 0.0762. The fraction of sp³-hybridized carbons (Fsp3) is 0.462. The Morgan fingerprint density at radius 1 is 1.37 bits per heavy atom. The van der Waals surface area contributed by atoms with Crippen LogP contribution in [0.5, 0.6) is 0 Å². The number of nitrogens with one attached hydrogen (secondary N) is 2. The quantitative estimate of drug-likeness (QED) is 0.771. The van der Waals surface area contributed by atoms with Gasteiger partial charge in [0.1, 0.15) is 11.6 Å². The number of carbonyl (C=O) groups is 1. The molecule has 0 fully saturated rings. The van der Waals surface area contributed by atoms with E-state index in [2.05, 4.69) is 10.6 Å². The third-order valence-electron chi connectivity index (χ3n) is 2.42. The molecule has 0 bridgehead atoms. The van der Waals surface area contributed by atoms with E-state index >= 15 is 0 Å². The molecule has 1 atom stereocenters. The second kappa shape index (κ2) is 7.04. The SMILES string of the molecule is CC(C)CC(O)CNC(=O)Nc1ccc(F)cc1F. The maximum Gasteiger partial charge on any atom is 0.319 e. The summed E-state index contributed by atoms with van der Waals surface area (Å²) in [4.78, 5) is 11.4. The lowest BCUT2D eigenvalue weighted by molar-refractivity contribution is 0.148. The molecule has 0 aliphatic carbocycles. The highest BCUT2D eigenvalue weighted by Gasteiger charge is 2.11. The number of anilines is 1. The molecule has 0 aromatic heterocycles.